The number of nitrogens with zero attached hydrogens (tertiary/aromatic N) is 5. The molecule has 0 N–H and O–H groups in total. The van der Waals surface area contributed by atoms with Crippen molar-refractivity contribution >= 4 is 39.9 Å². The number of nitriles is 1. The molecule has 1 amide bonds. The van der Waals surface area contributed by atoms with Crippen LogP contribution < -0.4 is 14.5 Å². The fourth-order valence-electron chi connectivity index (χ4n) is 5.42. The summed E-state index contributed by atoms with van der Waals surface area (Å²) in [5.74, 6) is 0.217. The number of aromatic nitrogens is 1. The van der Waals surface area contributed by atoms with Gasteiger partial charge < -0.3 is 9.64 Å². The van der Waals surface area contributed by atoms with Crippen molar-refractivity contribution in [1.29, 1.82) is 5.26 Å². The lowest BCUT2D eigenvalue weighted by atomic mass is 9.75. The number of sulfonamides is 1. The molecule has 39 heavy (non-hydrogen) atoms. The molecule has 3 heterocycles. The molecule has 5 rings (SSSR count). The second kappa shape index (κ2) is 9.87. The van der Waals surface area contributed by atoms with Crippen LogP contribution in [-0.4, -0.2) is 60.1 Å². The molecule has 2 saturated heterocycles. The molecule has 3 fully saturated rings. The molecule has 1 unspecified atom stereocenters. The number of rotatable bonds is 5. The van der Waals surface area contributed by atoms with Crippen LogP contribution in [0.15, 0.2) is 36.5 Å². The van der Waals surface area contributed by atoms with E-state index in [9.17, 15) is 26.4 Å². The molecule has 14 heteroatoms. The molecule has 1 aromatic carbocycles. The minimum absolute atomic E-state index is 0.0829. The lowest BCUT2D eigenvalue weighted by molar-refractivity contribution is -0.138. The lowest BCUT2D eigenvalue weighted by Crippen LogP contribution is -2.55. The van der Waals surface area contributed by atoms with Gasteiger partial charge in [0.05, 0.1) is 23.7 Å². The quantitative estimate of drug-likeness (QED) is 0.536. The van der Waals surface area contributed by atoms with Crippen LogP contribution in [0.25, 0.3) is 0 Å². The van der Waals surface area contributed by atoms with Gasteiger partial charge in [-0.3, -0.25) is 9.69 Å². The van der Waals surface area contributed by atoms with Gasteiger partial charge in [0.2, 0.25) is 10.0 Å². The van der Waals surface area contributed by atoms with E-state index in [0.29, 0.717) is 50.2 Å². The van der Waals surface area contributed by atoms with E-state index in [-0.39, 0.29) is 17.7 Å². The van der Waals surface area contributed by atoms with E-state index in [2.05, 4.69) is 17.6 Å². The molecule has 9 nitrogen and oxygen atoms in total. The second-order valence-corrected chi connectivity index (χ2v) is 12.4. The van der Waals surface area contributed by atoms with Crippen LogP contribution in [0.3, 0.4) is 0 Å². The highest BCUT2D eigenvalue weighted by molar-refractivity contribution is 7.88. The van der Waals surface area contributed by atoms with Crippen LogP contribution in [0, 0.1) is 11.3 Å². The van der Waals surface area contributed by atoms with Gasteiger partial charge in [0.1, 0.15) is 23.5 Å². The minimum Gasteiger partial charge on any atom is -0.490 e. The van der Waals surface area contributed by atoms with Gasteiger partial charge in [-0.15, -0.1) is 12.6 Å². The summed E-state index contributed by atoms with van der Waals surface area (Å²) in [6, 6.07) is 9.29. The zero-order chi connectivity index (χ0) is 28.2. The molecule has 1 saturated carbocycles. The van der Waals surface area contributed by atoms with E-state index in [0.717, 1.165) is 18.7 Å². The maximum Gasteiger partial charge on any atom is 0.419 e. The highest BCUT2D eigenvalue weighted by Crippen LogP contribution is 2.50. The van der Waals surface area contributed by atoms with Crippen molar-refractivity contribution in [3.63, 3.8) is 0 Å². The Bertz CT molecular complexity index is 1420. The Labute approximate surface area is 229 Å². The molecule has 2 aromatic rings. The molecule has 1 atom stereocenters. The number of carbonyl (C=O) groups is 1. The number of hydrogen-bond acceptors (Lipinski definition) is 8. The first-order valence-electron chi connectivity index (χ1n) is 12.4. The molecule has 208 valence electrons. The van der Waals surface area contributed by atoms with E-state index >= 15 is 0 Å². The Kier molecular flexibility index (Phi) is 6.97. The third-order valence-electron chi connectivity index (χ3n) is 7.57. The number of anilines is 2. The van der Waals surface area contributed by atoms with Crippen LogP contribution in [-0.2, 0) is 21.0 Å². The molecule has 3 aliphatic rings. The van der Waals surface area contributed by atoms with Gasteiger partial charge in [-0.2, -0.15) is 18.4 Å². The summed E-state index contributed by atoms with van der Waals surface area (Å²) in [6.45, 7) is 0.773. The van der Waals surface area contributed by atoms with E-state index in [4.69, 9.17) is 10.00 Å². The number of piperidine rings is 1. The summed E-state index contributed by atoms with van der Waals surface area (Å²) in [5.41, 5.74) is -3.25. The van der Waals surface area contributed by atoms with Crippen LogP contribution in [0.5, 0.6) is 5.75 Å². The van der Waals surface area contributed by atoms with E-state index in [1.54, 1.807) is 24.3 Å². The van der Waals surface area contributed by atoms with Gasteiger partial charge in [-0.05, 0) is 62.4 Å². The number of pyridine rings is 1. The van der Waals surface area contributed by atoms with Gasteiger partial charge in [-0.25, -0.2) is 17.7 Å². The van der Waals surface area contributed by atoms with Crippen LogP contribution in [0.2, 0.25) is 0 Å². The Morgan fingerprint density at radius 3 is 2.31 bits per heavy atom. The number of carbonyl (C=O) groups excluding carboxylic acids is 1. The molecular weight excluding hydrogens is 555 g/mol. The highest BCUT2D eigenvalue weighted by atomic mass is 32.2. The molecule has 1 aliphatic carbocycles. The second-order valence-electron chi connectivity index (χ2n) is 9.95. The number of thiol groups is 1. The van der Waals surface area contributed by atoms with Crippen molar-refractivity contribution in [2.45, 2.75) is 55.4 Å². The Morgan fingerprint density at radius 1 is 1.15 bits per heavy atom. The van der Waals surface area contributed by atoms with Crippen LogP contribution >= 0.6 is 12.6 Å². The van der Waals surface area contributed by atoms with Gasteiger partial charge in [-0.1, -0.05) is 0 Å². The fraction of sp³-hybridized carbons (Fsp3) is 0.480. The topological polar surface area (TPSA) is 107 Å². The fourth-order valence-corrected chi connectivity index (χ4v) is 6.88. The number of hydrogen-bond donors (Lipinski definition) is 1. The van der Waals surface area contributed by atoms with Gasteiger partial charge >= 0.3 is 6.18 Å². The molecular formula is C25H26F3N5O4S2. The molecule has 2 aliphatic heterocycles. The molecule has 0 bridgehead atoms. The van der Waals surface area contributed by atoms with Gasteiger partial charge in [0.15, 0.2) is 11.2 Å². The lowest BCUT2D eigenvalue weighted by Gasteiger charge is -2.44. The Morgan fingerprint density at radius 2 is 1.79 bits per heavy atom. The standard InChI is InChI=1S/C25H26F3N5O4S2/c1-39(35,36)31-11-7-19(8-12-31)37-18-5-3-16(4-6-18)33-23(38)32(22(34)24(33)9-2-10-24)17-13-20(25(26,27)28)21(14-29)30-15-17/h3-6,13,15,19,23,38H,2,7-12H2,1H3. The van der Waals surface area contributed by atoms with E-state index in [1.165, 1.54) is 21.5 Å². The van der Waals surface area contributed by atoms with Crippen molar-refractivity contribution in [3.05, 3.63) is 47.8 Å². The molecule has 0 radical (unpaired) electrons. The first-order chi connectivity index (χ1) is 18.3. The summed E-state index contributed by atoms with van der Waals surface area (Å²) in [7, 11) is -3.23. The molecule has 1 spiro atoms. The summed E-state index contributed by atoms with van der Waals surface area (Å²) < 4.78 is 71.7. The van der Waals surface area contributed by atoms with E-state index in [1.807, 2.05) is 4.90 Å². The number of alkyl halides is 3. The predicted molar refractivity (Wildman–Crippen MR) is 140 cm³/mol. The highest BCUT2D eigenvalue weighted by Gasteiger charge is 2.60. The third-order valence-corrected chi connectivity index (χ3v) is 9.34. The summed E-state index contributed by atoms with van der Waals surface area (Å²) in [6.07, 6.45) is 0.274. The largest absolute Gasteiger partial charge is 0.490 e. The zero-order valence-corrected chi connectivity index (χ0v) is 22.6. The van der Waals surface area contributed by atoms with Crippen molar-refractivity contribution in [3.8, 4) is 11.8 Å². The molecule has 1 aromatic heterocycles. The minimum atomic E-state index is -4.81. The van der Waals surface area contributed by atoms with Crippen LogP contribution in [0.4, 0.5) is 24.5 Å². The van der Waals surface area contributed by atoms with Crippen molar-refractivity contribution < 1.29 is 31.1 Å². The summed E-state index contributed by atoms with van der Waals surface area (Å²) >= 11 is 4.66. The average Bonchev–Trinajstić information content (AvgIpc) is 3.10. The zero-order valence-electron chi connectivity index (χ0n) is 20.9. The first kappa shape index (κ1) is 27.5. The maximum absolute atomic E-state index is 13.6. The van der Waals surface area contributed by atoms with Crippen LogP contribution in [0.1, 0.15) is 43.4 Å². The first-order valence-corrected chi connectivity index (χ1v) is 14.7. The summed E-state index contributed by atoms with van der Waals surface area (Å²) in [4.78, 5) is 20.3. The number of amides is 1. The van der Waals surface area contributed by atoms with E-state index < -0.39 is 38.5 Å². The third kappa shape index (κ3) is 4.92. The van der Waals surface area contributed by atoms with Crippen molar-refractivity contribution in [1.82, 2.24) is 9.29 Å². The summed E-state index contributed by atoms with van der Waals surface area (Å²) in [5, 5.41) is 9.08. The SMILES string of the molecule is CS(=O)(=O)N1CCC(Oc2ccc(N3C(S)N(c4cnc(C#N)c(C(F)(F)F)c4)C(=O)C34CCC4)cc2)CC1. The maximum atomic E-state index is 13.6. The Hall–Kier alpha value is -3.02. The normalized spacial score (nSPS) is 22.2. The van der Waals surface area contributed by atoms with Gasteiger partial charge in [0.25, 0.3) is 5.91 Å². The average molecular weight is 582 g/mol. The number of halogens is 3. The Balaban J connectivity index is 1.37. The van der Waals surface area contributed by atoms with Crippen molar-refractivity contribution in [2.75, 3.05) is 29.1 Å². The number of ether oxygens (including phenoxy) is 1. The number of benzene rings is 1. The predicted octanol–water partition coefficient (Wildman–Crippen LogP) is 3.76. The smallest absolute Gasteiger partial charge is 0.419 e. The van der Waals surface area contributed by atoms with Gasteiger partial charge in [0, 0.05) is 18.8 Å². The van der Waals surface area contributed by atoms with Crippen molar-refractivity contribution in [2.24, 2.45) is 0 Å². The monoisotopic (exact) mass is 581 g/mol.